The van der Waals surface area contributed by atoms with Crippen LogP contribution in [-0.4, -0.2) is 41.3 Å². The van der Waals surface area contributed by atoms with Crippen LogP contribution in [0.1, 0.15) is 37.3 Å². The van der Waals surface area contributed by atoms with Gasteiger partial charge in [0.05, 0.1) is 10.9 Å². The molecule has 1 atom stereocenters. The molecule has 0 spiro atoms. The summed E-state index contributed by atoms with van der Waals surface area (Å²) in [5.74, 6) is -0.142. The van der Waals surface area contributed by atoms with Gasteiger partial charge in [-0.15, -0.1) is 0 Å². The molecule has 4 rings (SSSR count). The standard InChI is InChI=1S/C17H20FN3O2S/c18-14-5-3-12(4-6-14)16-10-17(20-19-16)13-2-1-9-21(11-13)24(22,23)15-7-8-15/h3-6,10,13,15H,1-2,7-9,11H2,(H,19,20)/t13-/m1/s1. The highest BCUT2D eigenvalue weighted by Gasteiger charge is 2.41. The fourth-order valence-electron chi connectivity index (χ4n) is 3.32. The number of aromatic nitrogens is 2. The average Bonchev–Trinajstić information content (AvgIpc) is 3.34. The lowest BCUT2D eigenvalue weighted by Gasteiger charge is -2.31. The normalized spacial score (nSPS) is 22.6. The van der Waals surface area contributed by atoms with E-state index in [-0.39, 0.29) is 17.0 Å². The van der Waals surface area contributed by atoms with Crippen LogP contribution in [0, 0.1) is 5.82 Å². The summed E-state index contributed by atoms with van der Waals surface area (Å²) < 4.78 is 39.6. The molecule has 2 aromatic rings. The zero-order valence-electron chi connectivity index (χ0n) is 13.3. The van der Waals surface area contributed by atoms with Gasteiger partial charge in [-0.25, -0.2) is 17.1 Å². The van der Waals surface area contributed by atoms with Crippen LogP contribution in [0.4, 0.5) is 4.39 Å². The van der Waals surface area contributed by atoms with Gasteiger partial charge in [0.1, 0.15) is 5.82 Å². The van der Waals surface area contributed by atoms with Crippen LogP contribution in [0.3, 0.4) is 0 Å². The van der Waals surface area contributed by atoms with E-state index in [9.17, 15) is 12.8 Å². The molecule has 1 saturated carbocycles. The van der Waals surface area contributed by atoms with Gasteiger partial charge in [-0.3, -0.25) is 5.10 Å². The highest BCUT2D eigenvalue weighted by molar-refractivity contribution is 7.90. The van der Waals surface area contributed by atoms with Crippen molar-refractivity contribution in [2.45, 2.75) is 36.9 Å². The first-order valence-corrected chi connectivity index (χ1v) is 9.84. The highest BCUT2D eigenvalue weighted by atomic mass is 32.2. The smallest absolute Gasteiger partial charge is 0.217 e. The van der Waals surface area contributed by atoms with Crippen LogP contribution in [0.15, 0.2) is 30.3 Å². The summed E-state index contributed by atoms with van der Waals surface area (Å²) in [5.41, 5.74) is 2.55. The van der Waals surface area contributed by atoms with E-state index in [4.69, 9.17) is 0 Å². The Kier molecular flexibility index (Phi) is 3.92. The van der Waals surface area contributed by atoms with E-state index in [0.29, 0.717) is 13.1 Å². The number of piperidine rings is 1. The van der Waals surface area contributed by atoms with E-state index in [0.717, 1.165) is 42.6 Å². The fraction of sp³-hybridized carbons (Fsp3) is 0.471. The molecule has 1 saturated heterocycles. The van der Waals surface area contributed by atoms with E-state index in [1.807, 2.05) is 6.07 Å². The molecule has 1 aromatic heterocycles. The monoisotopic (exact) mass is 349 g/mol. The number of nitrogens with one attached hydrogen (secondary N) is 1. The van der Waals surface area contributed by atoms with Gasteiger partial charge in [-0.1, -0.05) is 0 Å². The number of hydrogen-bond acceptors (Lipinski definition) is 3. The molecule has 1 N–H and O–H groups in total. The third-order valence-electron chi connectivity index (χ3n) is 4.87. The summed E-state index contributed by atoms with van der Waals surface area (Å²) in [5, 5.41) is 7.19. The van der Waals surface area contributed by atoms with Crippen LogP contribution in [-0.2, 0) is 10.0 Å². The molecule has 2 fully saturated rings. The van der Waals surface area contributed by atoms with Crippen LogP contribution in [0.2, 0.25) is 0 Å². The Morgan fingerprint density at radius 1 is 1.17 bits per heavy atom. The lowest BCUT2D eigenvalue weighted by atomic mass is 9.96. The third kappa shape index (κ3) is 2.98. The number of hydrogen-bond donors (Lipinski definition) is 1. The Morgan fingerprint density at radius 3 is 2.62 bits per heavy atom. The minimum atomic E-state index is -3.12. The predicted molar refractivity (Wildman–Crippen MR) is 89.5 cm³/mol. The van der Waals surface area contributed by atoms with E-state index in [1.54, 1.807) is 16.4 Å². The first-order chi connectivity index (χ1) is 11.5. The quantitative estimate of drug-likeness (QED) is 0.923. The van der Waals surface area contributed by atoms with Gasteiger partial charge in [0.25, 0.3) is 0 Å². The van der Waals surface area contributed by atoms with Crippen LogP contribution in [0.5, 0.6) is 0 Å². The van der Waals surface area contributed by atoms with E-state index in [1.165, 1.54) is 12.1 Å². The Balaban J connectivity index is 1.52. The van der Waals surface area contributed by atoms with Crippen molar-refractivity contribution in [3.8, 4) is 11.3 Å². The molecule has 1 aliphatic carbocycles. The maximum absolute atomic E-state index is 13.0. The van der Waals surface area contributed by atoms with Crippen molar-refractivity contribution in [2.75, 3.05) is 13.1 Å². The van der Waals surface area contributed by atoms with E-state index < -0.39 is 10.0 Å². The zero-order chi connectivity index (χ0) is 16.7. The van der Waals surface area contributed by atoms with Gasteiger partial charge in [0, 0.05) is 30.3 Å². The summed E-state index contributed by atoms with van der Waals surface area (Å²) in [7, 11) is -3.12. The lowest BCUT2D eigenvalue weighted by molar-refractivity contribution is 0.312. The molecule has 5 nitrogen and oxygen atoms in total. The molecule has 128 valence electrons. The van der Waals surface area contributed by atoms with Gasteiger partial charge in [-0.2, -0.15) is 5.10 Å². The second kappa shape index (κ2) is 5.97. The van der Waals surface area contributed by atoms with Gasteiger partial charge in [-0.05, 0) is 56.0 Å². The zero-order valence-corrected chi connectivity index (χ0v) is 14.1. The first-order valence-electron chi connectivity index (χ1n) is 8.34. The van der Waals surface area contributed by atoms with Crippen molar-refractivity contribution >= 4 is 10.0 Å². The molecule has 7 heteroatoms. The van der Waals surface area contributed by atoms with Crippen molar-refractivity contribution in [3.63, 3.8) is 0 Å². The molecule has 0 radical (unpaired) electrons. The molecule has 24 heavy (non-hydrogen) atoms. The molecule has 2 heterocycles. The Morgan fingerprint density at radius 2 is 1.92 bits per heavy atom. The minimum absolute atomic E-state index is 0.133. The molecule has 0 bridgehead atoms. The van der Waals surface area contributed by atoms with Gasteiger partial charge < -0.3 is 0 Å². The lowest BCUT2D eigenvalue weighted by Crippen LogP contribution is -2.40. The van der Waals surface area contributed by atoms with Crippen molar-refractivity contribution in [1.29, 1.82) is 0 Å². The number of benzene rings is 1. The van der Waals surface area contributed by atoms with Gasteiger partial charge in [0.2, 0.25) is 10.0 Å². The Labute approximate surface area is 140 Å². The van der Waals surface area contributed by atoms with E-state index in [2.05, 4.69) is 10.2 Å². The molecular weight excluding hydrogens is 329 g/mol. The highest BCUT2D eigenvalue weighted by Crippen LogP contribution is 2.35. The number of nitrogens with zero attached hydrogens (tertiary/aromatic N) is 2. The van der Waals surface area contributed by atoms with Crippen molar-refractivity contribution in [3.05, 3.63) is 41.8 Å². The summed E-state index contributed by atoms with van der Waals surface area (Å²) in [6, 6.07) is 8.16. The van der Waals surface area contributed by atoms with Crippen molar-refractivity contribution < 1.29 is 12.8 Å². The van der Waals surface area contributed by atoms with Crippen molar-refractivity contribution in [2.24, 2.45) is 0 Å². The SMILES string of the molecule is O=S(=O)(C1CC1)N1CCC[C@@H](c2cc(-c3ccc(F)cc3)n[nH]2)C1. The maximum Gasteiger partial charge on any atom is 0.217 e. The average molecular weight is 349 g/mol. The fourth-order valence-corrected chi connectivity index (χ4v) is 5.24. The molecule has 1 aromatic carbocycles. The number of H-pyrrole nitrogens is 1. The molecular formula is C17H20FN3O2S. The Hall–Kier alpha value is -1.73. The largest absolute Gasteiger partial charge is 0.282 e. The number of rotatable bonds is 4. The summed E-state index contributed by atoms with van der Waals surface area (Å²) in [4.78, 5) is 0. The summed E-state index contributed by atoms with van der Waals surface area (Å²) >= 11 is 0. The van der Waals surface area contributed by atoms with Crippen LogP contribution < -0.4 is 0 Å². The summed E-state index contributed by atoms with van der Waals surface area (Å²) in [6.07, 6.45) is 3.40. The number of aromatic amines is 1. The van der Waals surface area contributed by atoms with Gasteiger partial charge >= 0.3 is 0 Å². The number of sulfonamides is 1. The maximum atomic E-state index is 13.0. The first kappa shape index (κ1) is 15.8. The van der Waals surface area contributed by atoms with Gasteiger partial charge in [0.15, 0.2) is 0 Å². The molecule has 0 amide bonds. The number of halogens is 1. The molecule has 2 aliphatic rings. The topological polar surface area (TPSA) is 66.1 Å². The second-order valence-electron chi connectivity index (χ2n) is 6.66. The van der Waals surface area contributed by atoms with Crippen LogP contribution in [0.25, 0.3) is 11.3 Å². The van der Waals surface area contributed by atoms with Crippen LogP contribution >= 0.6 is 0 Å². The molecule has 0 unspecified atom stereocenters. The van der Waals surface area contributed by atoms with Crippen molar-refractivity contribution in [1.82, 2.24) is 14.5 Å². The second-order valence-corrected chi connectivity index (χ2v) is 8.87. The Bertz CT molecular complexity index is 828. The predicted octanol–water partition coefficient (Wildman–Crippen LogP) is 2.89. The van der Waals surface area contributed by atoms with E-state index >= 15 is 0 Å². The third-order valence-corrected chi connectivity index (χ3v) is 7.23. The summed E-state index contributed by atoms with van der Waals surface area (Å²) in [6.45, 7) is 1.14. The molecule has 1 aliphatic heterocycles. The minimum Gasteiger partial charge on any atom is -0.282 e.